The van der Waals surface area contributed by atoms with Gasteiger partial charge in [0.2, 0.25) is 0 Å². The Morgan fingerprint density at radius 3 is 2.23 bits per heavy atom. The maximum Gasteiger partial charge on any atom is 0.0126 e. The third-order valence-electron chi connectivity index (χ3n) is 11.5. The first kappa shape index (κ1) is 23.1. The lowest BCUT2D eigenvalue weighted by Crippen LogP contribution is -2.59. The summed E-state index contributed by atoms with van der Waals surface area (Å²) in [4.78, 5) is 2.64. The van der Waals surface area contributed by atoms with E-state index in [-0.39, 0.29) is 0 Å². The number of nitrogens with zero attached hydrogens (tertiary/aromatic N) is 1. The summed E-state index contributed by atoms with van der Waals surface area (Å²) in [6, 6.07) is 0.835. The Hall–Kier alpha value is -0.0400. The first-order valence-electron chi connectivity index (χ1n) is 13.8. The summed E-state index contributed by atoms with van der Waals surface area (Å²) in [5.74, 6) is 6.78. The summed E-state index contributed by atoms with van der Waals surface area (Å²) in [5.41, 5.74) is 1.26. The molecule has 4 aliphatic rings. The van der Waals surface area contributed by atoms with Gasteiger partial charge in [-0.3, -0.25) is 0 Å². The summed E-state index contributed by atoms with van der Waals surface area (Å²) in [5, 5.41) is 0. The highest BCUT2D eigenvalue weighted by molar-refractivity contribution is 5.11. The molecule has 0 amide bonds. The van der Waals surface area contributed by atoms with Crippen molar-refractivity contribution in [1.29, 1.82) is 0 Å². The van der Waals surface area contributed by atoms with Crippen LogP contribution in [0.4, 0.5) is 0 Å². The monoisotopic (exact) mass is 415 g/mol. The van der Waals surface area contributed by atoms with E-state index < -0.39 is 0 Å². The van der Waals surface area contributed by atoms with Crippen LogP contribution in [-0.4, -0.2) is 25.0 Å². The SMILES string of the molecule is CC(C)CCCC(C)C1CCC2C3CC(N(C)C)C4CCCCC4(C)C3CCC12C. The van der Waals surface area contributed by atoms with Gasteiger partial charge in [-0.1, -0.05) is 66.7 Å². The summed E-state index contributed by atoms with van der Waals surface area (Å²) in [6.07, 6.45) is 18.0. The quantitative estimate of drug-likeness (QED) is 0.424. The molecule has 0 saturated heterocycles. The zero-order valence-electron chi connectivity index (χ0n) is 21.6. The standard InChI is InChI=1S/C29H53N/c1-20(2)11-10-12-21(3)23-14-15-24-22-19-27(30(6)7)26-13-8-9-17-28(26,4)25(22)16-18-29(23,24)5/h20-27H,8-19H2,1-7H3. The molecule has 0 aromatic carbocycles. The largest absolute Gasteiger partial charge is 0.306 e. The lowest BCUT2D eigenvalue weighted by Gasteiger charge is -2.63. The van der Waals surface area contributed by atoms with Gasteiger partial charge in [-0.05, 0) is 111 Å². The summed E-state index contributed by atoms with van der Waals surface area (Å²) in [6.45, 7) is 12.9. The van der Waals surface area contributed by atoms with Gasteiger partial charge in [-0.15, -0.1) is 0 Å². The fourth-order valence-electron chi connectivity index (χ4n) is 9.95. The van der Waals surface area contributed by atoms with Crippen molar-refractivity contribution < 1.29 is 0 Å². The molecule has 4 fully saturated rings. The van der Waals surface area contributed by atoms with Gasteiger partial charge in [0.15, 0.2) is 0 Å². The van der Waals surface area contributed by atoms with E-state index in [1.165, 1.54) is 70.6 Å². The summed E-state index contributed by atoms with van der Waals surface area (Å²) < 4.78 is 0. The Balaban J connectivity index is 1.53. The highest BCUT2D eigenvalue weighted by Crippen LogP contribution is 2.68. The van der Waals surface area contributed by atoms with Crippen LogP contribution in [0, 0.1) is 52.3 Å². The molecule has 0 spiro atoms. The number of fused-ring (bicyclic) bond motifs is 5. The lowest BCUT2D eigenvalue weighted by atomic mass is 9.43. The van der Waals surface area contributed by atoms with E-state index in [1.807, 2.05) is 0 Å². The molecule has 0 N–H and O–H groups in total. The molecule has 30 heavy (non-hydrogen) atoms. The Morgan fingerprint density at radius 2 is 1.53 bits per heavy atom. The van der Waals surface area contributed by atoms with E-state index >= 15 is 0 Å². The minimum absolute atomic E-state index is 0.623. The van der Waals surface area contributed by atoms with Crippen LogP contribution in [0.2, 0.25) is 0 Å². The second-order valence-electron chi connectivity index (χ2n) is 13.5. The third-order valence-corrected chi connectivity index (χ3v) is 11.5. The fourth-order valence-corrected chi connectivity index (χ4v) is 9.95. The third kappa shape index (κ3) is 3.82. The maximum atomic E-state index is 2.75. The van der Waals surface area contributed by atoms with Crippen molar-refractivity contribution in [2.45, 2.75) is 118 Å². The molecule has 0 heterocycles. The predicted octanol–water partition coefficient (Wildman–Crippen LogP) is 8.04. The van der Waals surface area contributed by atoms with Gasteiger partial charge >= 0.3 is 0 Å². The van der Waals surface area contributed by atoms with Crippen molar-refractivity contribution in [2.75, 3.05) is 14.1 Å². The molecule has 4 rings (SSSR count). The van der Waals surface area contributed by atoms with Crippen molar-refractivity contribution in [3.8, 4) is 0 Å². The molecule has 1 heteroatoms. The van der Waals surface area contributed by atoms with Gasteiger partial charge in [0.25, 0.3) is 0 Å². The molecule has 4 saturated carbocycles. The van der Waals surface area contributed by atoms with E-state index in [9.17, 15) is 0 Å². The first-order chi connectivity index (χ1) is 14.2. The van der Waals surface area contributed by atoms with Gasteiger partial charge in [0, 0.05) is 6.04 Å². The van der Waals surface area contributed by atoms with Crippen LogP contribution in [0.25, 0.3) is 0 Å². The molecule has 0 aromatic heterocycles. The average molecular weight is 416 g/mol. The van der Waals surface area contributed by atoms with E-state index in [2.05, 4.69) is 53.6 Å². The van der Waals surface area contributed by atoms with Crippen molar-refractivity contribution in [1.82, 2.24) is 4.90 Å². The summed E-state index contributed by atoms with van der Waals surface area (Å²) in [7, 11) is 4.77. The summed E-state index contributed by atoms with van der Waals surface area (Å²) >= 11 is 0. The number of rotatable bonds is 6. The van der Waals surface area contributed by atoms with Gasteiger partial charge in [-0.2, -0.15) is 0 Å². The predicted molar refractivity (Wildman–Crippen MR) is 131 cm³/mol. The maximum absolute atomic E-state index is 2.75. The normalized spacial score (nSPS) is 47.1. The molecule has 0 radical (unpaired) electrons. The fraction of sp³-hybridized carbons (Fsp3) is 1.00. The Morgan fingerprint density at radius 1 is 0.800 bits per heavy atom. The number of hydrogen-bond acceptors (Lipinski definition) is 1. The molecule has 9 atom stereocenters. The van der Waals surface area contributed by atoms with Crippen LogP contribution >= 0.6 is 0 Å². The Bertz CT molecular complexity index is 581. The average Bonchev–Trinajstić information content (AvgIpc) is 3.03. The molecule has 1 nitrogen and oxygen atoms in total. The Labute approximate surface area is 189 Å². The van der Waals surface area contributed by atoms with Crippen molar-refractivity contribution in [2.24, 2.45) is 52.3 Å². The van der Waals surface area contributed by atoms with Crippen molar-refractivity contribution >= 4 is 0 Å². The highest BCUT2D eigenvalue weighted by Gasteiger charge is 2.62. The molecule has 9 unspecified atom stereocenters. The first-order valence-corrected chi connectivity index (χ1v) is 13.8. The van der Waals surface area contributed by atoms with E-state index in [0.29, 0.717) is 10.8 Å². The van der Waals surface area contributed by atoms with Crippen LogP contribution < -0.4 is 0 Å². The molecule has 0 aromatic rings. The highest BCUT2D eigenvalue weighted by atomic mass is 15.1. The minimum atomic E-state index is 0.623. The van der Waals surface area contributed by atoms with Crippen LogP contribution in [0.15, 0.2) is 0 Å². The van der Waals surface area contributed by atoms with Crippen LogP contribution in [-0.2, 0) is 0 Å². The topological polar surface area (TPSA) is 3.24 Å². The zero-order chi connectivity index (χ0) is 21.7. The lowest BCUT2D eigenvalue weighted by molar-refractivity contribution is -0.140. The molecule has 174 valence electrons. The Kier molecular flexibility index (Phi) is 6.72. The van der Waals surface area contributed by atoms with Gasteiger partial charge in [0.1, 0.15) is 0 Å². The minimum Gasteiger partial charge on any atom is -0.306 e. The molecule has 0 bridgehead atoms. The molecular weight excluding hydrogens is 362 g/mol. The second kappa shape index (κ2) is 8.72. The van der Waals surface area contributed by atoms with E-state index in [1.54, 1.807) is 6.42 Å². The van der Waals surface area contributed by atoms with E-state index in [0.717, 1.165) is 47.5 Å². The van der Waals surface area contributed by atoms with Crippen LogP contribution in [0.3, 0.4) is 0 Å². The zero-order valence-corrected chi connectivity index (χ0v) is 21.6. The molecular formula is C29H53N. The smallest absolute Gasteiger partial charge is 0.0126 e. The van der Waals surface area contributed by atoms with Crippen molar-refractivity contribution in [3.63, 3.8) is 0 Å². The number of hydrogen-bond donors (Lipinski definition) is 0. The molecule has 0 aliphatic heterocycles. The second-order valence-corrected chi connectivity index (χ2v) is 13.5. The van der Waals surface area contributed by atoms with Crippen molar-refractivity contribution in [3.05, 3.63) is 0 Å². The van der Waals surface area contributed by atoms with Crippen LogP contribution in [0.5, 0.6) is 0 Å². The van der Waals surface area contributed by atoms with Gasteiger partial charge < -0.3 is 4.90 Å². The van der Waals surface area contributed by atoms with Gasteiger partial charge in [-0.25, -0.2) is 0 Å². The molecule has 4 aliphatic carbocycles. The van der Waals surface area contributed by atoms with Gasteiger partial charge in [0.05, 0.1) is 0 Å². The van der Waals surface area contributed by atoms with Crippen LogP contribution in [0.1, 0.15) is 112 Å². The van der Waals surface area contributed by atoms with E-state index in [4.69, 9.17) is 0 Å².